The Labute approximate surface area is 273 Å². The molecule has 0 unspecified atom stereocenters. The fraction of sp³-hybridized carbons (Fsp3) is 0.676. The van der Waals surface area contributed by atoms with E-state index in [1.165, 1.54) is 63.1 Å². The van der Waals surface area contributed by atoms with Crippen molar-refractivity contribution in [3.63, 3.8) is 0 Å². The predicted octanol–water partition coefficient (Wildman–Crippen LogP) is 7.34. The van der Waals surface area contributed by atoms with Gasteiger partial charge in [0.05, 0.1) is 17.4 Å². The van der Waals surface area contributed by atoms with E-state index in [4.69, 9.17) is 17.0 Å². The zero-order valence-electron chi connectivity index (χ0n) is 27.1. The number of nitrogens with zero attached hydrogens (tertiary/aromatic N) is 4. The molecule has 1 aromatic rings. The van der Waals surface area contributed by atoms with Crippen molar-refractivity contribution in [3.8, 4) is 6.07 Å². The lowest BCUT2D eigenvalue weighted by Crippen LogP contribution is -2.41. The molecule has 242 valence electrons. The summed E-state index contributed by atoms with van der Waals surface area (Å²) in [4.78, 5) is 43.8. The summed E-state index contributed by atoms with van der Waals surface area (Å²) < 4.78 is 7.47. The third-order valence-electron chi connectivity index (χ3n) is 8.59. The average molecular weight is 643 g/mol. The number of unbranched alkanes of at least 4 members (excludes halogenated alkanes) is 9. The van der Waals surface area contributed by atoms with Crippen LogP contribution in [0.5, 0.6) is 0 Å². The number of rotatable bonds is 17. The van der Waals surface area contributed by atoms with E-state index in [0.29, 0.717) is 78.2 Å². The number of aromatic nitrogens is 1. The lowest BCUT2D eigenvalue weighted by molar-refractivity contribution is -0.148. The zero-order valence-corrected chi connectivity index (χ0v) is 28.8. The number of ether oxygens (including phenoxy) is 1. The number of thiocarbonyl (C=S) groups is 1. The number of hydrogen-bond donors (Lipinski definition) is 0. The Kier molecular flexibility index (Phi) is 15.0. The van der Waals surface area contributed by atoms with Gasteiger partial charge in [0, 0.05) is 31.7 Å². The molecule has 3 rings (SSSR count). The van der Waals surface area contributed by atoms with E-state index in [-0.39, 0.29) is 28.9 Å². The molecule has 0 saturated carbocycles. The fourth-order valence-electron chi connectivity index (χ4n) is 6.08. The highest BCUT2D eigenvalue weighted by molar-refractivity contribution is 8.26. The fourth-order valence-corrected chi connectivity index (χ4v) is 7.37. The summed E-state index contributed by atoms with van der Waals surface area (Å²) in [5.74, 6) is 0.229. The van der Waals surface area contributed by atoms with Crippen LogP contribution in [0.2, 0.25) is 0 Å². The summed E-state index contributed by atoms with van der Waals surface area (Å²) in [6.45, 7) is 10.4. The molecule has 1 amide bonds. The van der Waals surface area contributed by atoms with E-state index in [1.54, 1.807) is 16.4 Å². The highest BCUT2D eigenvalue weighted by Gasteiger charge is 2.34. The number of anilines is 1. The number of carbonyl (C=O) groups is 2. The highest BCUT2D eigenvalue weighted by Crippen LogP contribution is 2.37. The second kappa shape index (κ2) is 18.4. The molecule has 0 atom stereocenters. The van der Waals surface area contributed by atoms with E-state index in [2.05, 4.69) is 17.9 Å². The summed E-state index contributed by atoms with van der Waals surface area (Å²) in [5, 5.41) is 9.93. The van der Waals surface area contributed by atoms with Gasteiger partial charge in [-0.3, -0.25) is 23.9 Å². The molecule has 0 spiro atoms. The van der Waals surface area contributed by atoms with Gasteiger partial charge < -0.3 is 9.64 Å². The van der Waals surface area contributed by atoms with Gasteiger partial charge in [0.1, 0.15) is 21.8 Å². The first kappa shape index (κ1) is 35.8. The summed E-state index contributed by atoms with van der Waals surface area (Å²) in [7, 11) is 0. The number of pyridine rings is 1. The molecule has 0 radical (unpaired) electrons. The number of carbonyl (C=O) groups excluding carboxylic acids is 2. The summed E-state index contributed by atoms with van der Waals surface area (Å²) >= 11 is 6.92. The van der Waals surface area contributed by atoms with Crippen molar-refractivity contribution in [1.29, 1.82) is 5.26 Å². The Morgan fingerprint density at radius 1 is 0.977 bits per heavy atom. The molecule has 0 aromatic carbocycles. The van der Waals surface area contributed by atoms with Crippen LogP contribution in [0.3, 0.4) is 0 Å². The standard InChI is InChI=1S/C34H50N4O4S2/c1-5-8-9-10-11-12-13-14-15-16-20-38-32(40)29(44-34(38)43)23-27-25(4)28(24-35)31(39)37(19-6-2)30(27)36-21-17-26(18-22-36)33(41)42-7-3/h23,26H,5-22H2,1-4H3/b29-23-. The van der Waals surface area contributed by atoms with Gasteiger partial charge in [-0.2, -0.15) is 5.26 Å². The van der Waals surface area contributed by atoms with Crippen molar-refractivity contribution in [2.45, 2.75) is 118 Å². The van der Waals surface area contributed by atoms with Crippen molar-refractivity contribution in [3.05, 3.63) is 31.9 Å². The van der Waals surface area contributed by atoms with Gasteiger partial charge >= 0.3 is 5.97 Å². The Bertz CT molecular complexity index is 1290. The smallest absolute Gasteiger partial charge is 0.309 e. The van der Waals surface area contributed by atoms with Crippen LogP contribution < -0.4 is 10.5 Å². The number of nitriles is 1. The Hall–Kier alpha value is -2.64. The summed E-state index contributed by atoms with van der Waals surface area (Å²) in [6.07, 6.45) is 16.0. The SMILES string of the molecule is CCCCCCCCCCCCN1C(=O)/C(=C/c2c(C)c(C#N)c(=O)n(CCC)c2N2CCC(C(=O)OCC)CC2)SC1=S. The van der Waals surface area contributed by atoms with Crippen LogP contribution in [0.25, 0.3) is 6.08 Å². The third kappa shape index (κ3) is 9.20. The first-order valence-corrected chi connectivity index (χ1v) is 17.9. The maximum Gasteiger partial charge on any atom is 0.309 e. The van der Waals surface area contributed by atoms with Gasteiger partial charge in [0.2, 0.25) is 0 Å². The molecule has 0 bridgehead atoms. The number of hydrogen-bond acceptors (Lipinski definition) is 8. The van der Waals surface area contributed by atoms with E-state index in [9.17, 15) is 19.6 Å². The van der Waals surface area contributed by atoms with Crippen LogP contribution in [-0.4, -0.2) is 51.9 Å². The summed E-state index contributed by atoms with van der Waals surface area (Å²) in [5.41, 5.74) is 1.03. The van der Waals surface area contributed by atoms with Gasteiger partial charge in [-0.1, -0.05) is 95.6 Å². The van der Waals surface area contributed by atoms with Crippen molar-refractivity contribution in [2.24, 2.45) is 5.92 Å². The molecular formula is C34H50N4O4S2. The Balaban J connectivity index is 1.78. The molecule has 2 aliphatic rings. The van der Waals surface area contributed by atoms with Gasteiger partial charge in [0.15, 0.2) is 0 Å². The highest BCUT2D eigenvalue weighted by atomic mass is 32.2. The van der Waals surface area contributed by atoms with E-state index in [0.717, 1.165) is 12.8 Å². The number of thioether (sulfide) groups is 1. The van der Waals surface area contributed by atoms with Gasteiger partial charge in [-0.05, 0) is 51.2 Å². The van der Waals surface area contributed by atoms with Crippen LogP contribution in [0, 0.1) is 24.2 Å². The second-order valence-electron chi connectivity index (χ2n) is 11.8. The van der Waals surface area contributed by atoms with Gasteiger partial charge in [-0.25, -0.2) is 0 Å². The lowest BCUT2D eigenvalue weighted by atomic mass is 9.95. The lowest BCUT2D eigenvalue weighted by Gasteiger charge is -2.35. The predicted molar refractivity (Wildman–Crippen MR) is 184 cm³/mol. The van der Waals surface area contributed by atoms with Crippen molar-refractivity contribution < 1.29 is 14.3 Å². The third-order valence-corrected chi connectivity index (χ3v) is 9.97. The average Bonchev–Trinajstić information content (AvgIpc) is 3.28. The maximum absolute atomic E-state index is 13.6. The van der Waals surface area contributed by atoms with Crippen LogP contribution >= 0.6 is 24.0 Å². The van der Waals surface area contributed by atoms with Crippen LogP contribution in [-0.2, 0) is 20.9 Å². The number of amides is 1. The molecular weight excluding hydrogens is 593 g/mol. The molecule has 0 N–H and O–H groups in total. The minimum absolute atomic E-state index is 0.0932. The number of esters is 1. The Morgan fingerprint density at radius 2 is 1.59 bits per heavy atom. The molecule has 8 nitrogen and oxygen atoms in total. The normalized spacial score (nSPS) is 16.7. The first-order chi connectivity index (χ1) is 21.3. The molecule has 2 aliphatic heterocycles. The molecule has 2 fully saturated rings. The molecule has 10 heteroatoms. The molecule has 0 aliphatic carbocycles. The molecule has 44 heavy (non-hydrogen) atoms. The Morgan fingerprint density at radius 3 is 2.16 bits per heavy atom. The minimum atomic E-state index is -0.319. The quantitative estimate of drug-likeness (QED) is 0.0754. The van der Waals surface area contributed by atoms with Crippen LogP contribution in [0.4, 0.5) is 5.82 Å². The molecule has 1 aromatic heterocycles. The monoisotopic (exact) mass is 642 g/mol. The topological polar surface area (TPSA) is 95.6 Å². The van der Waals surface area contributed by atoms with E-state index in [1.807, 2.05) is 19.9 Å². The van der Waals surface area contributed by atoms with Crippen LogP contribution in [0.1, 0.15) is 121 Å². The molecule has 2 saturated heterocycles. The van der Waals surface area contributed by atoms with E-state index >= 15 is 0 Å². The van der Waals surface area contributed by atoms with E-state index < -0.39 is 0 Å². The van der Waals surface area contributed by atoms with Crippen LogP contribution in [0.15, 0.2) is 9.70 Å². The van der Waals surface area contributed by atoms with Crippen molar-refractivity contribution in [1.82, 2.24) is 9.47 Å². The summed E-state index contributed by atoms with van der Waals surface area (Å²) in [6, 6.07) is 2.11. The first-order valence-electron chi connectivity index (χ1n) is 16.6. The number of piperidine rings is 1. The van der Waals surface area contributed by atoms with Crippen molar-refractivity contribution >= 4 is 52.1 Å². The zero-order chi connectivity index (χ0) is 32.1. The van der Waals surface area contributed by atoms with Gasteiger partial charge in [0.25, 0.3) is 11.5 Å². The maximum atomic E-state index is 13.6. The molecule has 3 heterocycles. The minimum Gasteiger partial charge on any atom is -0.466 e. The second-order valence-corrected chi connectivity index (χ2v) is 13.5. The van der Waals surface area contributed by atoms with Gasteiger partial charge in [-0.15, -0.1) is 0 Å². The largest absolute Gasteiger partial charge is 0.466 e. The van der Waals surface area contributed by atoms with Crippen molar-refractivity contribution in [2.75, 3.05) is 31.1 Å².